The molecule has 0 spiro atoms. The van der Waals surface area contributed by atoms with E-state index in [0.29, 0.717) is 19.0 Å². The summed E-state index contributed by atoms with van der Waals surface area (Å²) < 4.78 is 9.91. The number of rotatable bonds is 3. The number of carbonyl (C=O) groups excluding carboxylic acids is 1. The van der Waals surface area contributed by atoms with Crippen molar-refractivity contribution in [2.45, 2.75) is 26.4 Å². The van der Waals surface area contributed by atoms with Crippen LogP contribution in [0, 0.1) is 0 Å². The predicted molar refractivity (Wildman–Crippen MR) is 60.2 cm³/mol. The third kappa shape index (κ3) is 3.94. The van der Waals surface area contributed by atoms with Gasteiger partial charge in [-0.05, 0) is 45.0 Å². The molecule has 4 nitrogen and oxygen atoms in total. The third-order valence-electron chi connectivity index (χ3n) is 1.68. The minimum absolute atomic E-state index is 0.382. The molecule has 1 radical (unpaired) electrons. The Balaban J connectivity index is 2.70. The molecule has 5 heteroatoms. The number of hydrogen-bond donors (Lipinski definition) is 1. The van der Waals surface area contributed by atoms with Crippen LogP contribution in [0.25, 0.3) is 0 Å². The van der Waals surface area contributed by atoms with Crippen LogP contribution in [0.15, 0.2) is 24.3 Å². The van der Waals surface area contributed by atoms with Crippen molar-refractivity contribution >= 4 is 13.7 Å². The van der Waals surface area contributed by atoms with Gasteiger partial charge < -0.3 is 14.4 Å². The Morgan fingerprint density at radius 2 is 1.81 bits per heavy atom. The first kappa shape index (κ1) is 12.6. The highest BCUT2D eigenvalue weighted by atomic mass is 16.6. The maximum atomic E-state index is 11.6. The number of ether oxygens (including phenoxy) is 1. The lowest BCUT2D eigenvalue weighted by Gasteiger charge is -2.19. The Morgan fingerprint density at radius 1 is 1.25 bits per heavy atom. The Hall–Kier alpha value is -1.49. The van der Waals surface area contributed by atoms with Crippen LogP contribution in [-0.4, -0.2) is 24.3 Å². The zero-order valence-corrected chi connectivity index (χ0v) is 9.56. The highest BCUT2D eigenvalue weighted by Crippen LogP contribution is 2.15. The lowest BCUT2D eigenvalue weighted by molar-refractivity contribution is 0.00696. The molecule has 0 aliphatic carbocycles. The summed E-state index contributed by atoms with van der Waals surface area (Å²) in [6.07, 6.45) is 0. The molecular formula is C11H14BO4. The maximum absolute atomic E-state index is 11.6. The van der Waals surface area contributed by atoms with E-state index < -0.39 is 5.60 Å². The van der Waals surface area contributed by atoms with Crippen LogP contribution >= 0.6 is 0 Å². The Morgan fingerprint density at radius 3 is 2.25 bits per heavy atom. The first-order valence-electron chi connectivity index (χ1n) is 4.88. The van der Waals surface area contributed by atoms with Gasteiger partial charge in [-0.1, -0.05) is 0 Å². The van der Waals surface area contributed by atoms with E-state index in [1.54, 1.807) is 24.3 Å². The molecule has 1 aromatic carbocycles. The van der Waals surface area contributed by atoms with Crippen molar-refractivity contribution in [3.05, 3.63) is 29.8 Å². The zero-order chi connectivity index (χ0) is 12.2. The molecule has 0 heterocycles. The largest absolute Gasteiger partial charge is 0.569 e. The number of esters is 1. The molecule has 85 valence electrons. The van der Waals surface area contributed by atoms with E-state index >= 15 is 0 Å². The number of carbonyl (C=O) groups is 1. The summed E-state index contributed by atoms with van der Waals surface area (Å²) in [5.41, 5.74) is -0.0642. The van der Waals surface area contributed by atoms with Crippen LogP contribution in [0.2, 0.25) is 0 Å². The van der Waals surface area contributed by atoms with Crippen molar-refractivity contribution in [2.75, 3.05) is 0 Å². The van der Waals surface area contributed by atoms with Gasteiger partial charge in [-0.25, -0.2) is 4.79 Å². The molecule has 0 atom stereocenters. The van der Waals surface area contributed by atoms with Gasteiger partial charge in [-0.15, -0.1) is 0 Å². The summed E-state index contributed by atoms with van der Waals surface area (Å²) in [5.74, 6) is 0.0711. The normalized spacial score (nSPS) is 10.8. The minimum atomic E-state index is -0.509. The molecule has 0 saturated carbocycles. The first-order valence-corrected chi connectivity index (χ1v) is 4.88. The highest BCUT2D eigenvalue weighted by Gasteiger charge is 2.17. The van der Waals surface area contributed by atoms with Crippen LogP contribution in [0.4, 0.5) is 0 Å². The van der Waals surface area contributed by atoms with Gasteiger partial charge in [0.2, 0.25) is 0 Å². The van der Waals surface area contributed by atoms with Crippen molar-refractivity contribution in [2.24, 2.45) is 0 Å². The van der Waals surface area contributed by atoms with Crippen LogP contribution in [0.5, 0.6) is 5.75 Å². The van der Waals surface area contributed by atoms with Gasteiger partial charge in [-0.3, -0.25) is 0 Å². The van der Waals surface area contributed by atoms with E-state index in [1.807, 2.05) is 20.8 Å². The van der Waals surface area contributed by atoms with Gasteiger partial charge in [0.1, 0.15) is 11.4 Å². The monoisotopic (exact) mass is 221 g/mol. The average Bonchev–Trinajstić information content (AvgIpc) is 2.16. The van der Waals surface area contributed by atoms with Gasteiger partial charge in [0.25, 0.3) is 0 Å². The van der Waals surface area contributed by atoms with Gasteiger partial charge in [-0.2, -0.15) is 0 Å². The van der Waals surface area contributed by atoms with Crippen LogP contribution in [-0.2, 0) is 4.74 Å². The topological polar surface area (TPSA) is 55.8 Å². The molecule has 0 aliphatic rings. The molecule has 16 heavy (non-hydrogen) atoms. The molecule has 0 fully saturated rings. The summed E-state index contributed by atoms with van der Waals surface area (Å²) in [6.45, 7) is 5.43. The van der Waals surface area contributed by atoms with Crippen molar-refractivity contribution in [3.63, 3.8) is 0 Å². The Kier molecular flexibility index (Phi) is 3.96. The van der Waals surface area contributed by atoms with Gasteiger partial charge >= 0.3 is 13.7 Å². The molecule has 0 aromatic heterocycles. The highest BCUT2D eigenvalue weighted by molar-refractivity contribution is 6.17. The van der Waals surface area contributed by atoms with Crippen molar-refractivity contribution in [1.29, 1.82) is 0 Å². The summed E-state index contributed by atoms with van der Waals surface area (Å²) in [4.78, 5) is 11.6. The van der Waals surface area contributed by atoms with E-state index in [-0.39, 0.29) is 5.97 Å². The maximum Gasteiger partial charge on any atom is 0.569 e. The van der Waals surface area contributed by atoms with Crippen LogP contribution in [0.3, 0.4) is 0 Å². The predicted octanol–water partition coefficient (Wildman–Crippen LogP) is 1.55. The van der Waals surface area contributed by atoms with Crippen molar-refractivity contribution in [3.8, 4) is 5.75 Å². The lowest BCUT2D eigenvalue weighted by Crippen LogP contribution is -2.23. The molecule has 1 rings (SSSR count). The number of benzene rings is 1. The fourth-order valence-corrected chi connectivity index (χ4v) is 1.07. The van der Waals surface area contributed by atoms with Gasteiger partial charge in [0, 0.05) is 0 Å². The quantitative estimate of drug-likeness (QED) is 0.621. The molecule has 0 aliphatic heterocycles. The molecule has 1 aromatic rings. The smallest absolute Gasteiger partial charge is 0.537 e. The van der Waals surface area contributed by atoms with E-state index in [0.717, 1.165) is 0 Å². The molecule has 0 saturated heterocycles. The second-order valence-electron chi connectivity index (χ2n) is 4.25. The molecular weight excluding hydrogens is 207 g/mol. The summed E-state index contributed by atoms with van der Waals surface area (Å²) in [6, 6.07) is 6.30. The average molecular weight is 221 g/mol. The molecule has 0 amide bonds. The fourth-order valence-electron chi connectivity index (χ4n) is 1.07. The van der Waals surface area contributed by atoms with Crippen LogP contribution in [0.1, 0.15) is 31.1 Å². The molecule has 0 unspecified atom stereocenters. The third-order valence-corrected chi connectivity index (χ3v) is 1.68. The minimum Gasteiger partial charge on any atom is -0.537 e. The second kappa shape index (κ2) is 5.03. The molecule has 0 bridgehead atoms. The summed E-state index contributed by atoms with van der Waals surface area (Å²) >= 11 is 0. The van der Waals surface area contributed by atoms with E-state index in [4.69, 9.17) is 14.4 Å². The van der Waals surface area contributed by atoms with Crippen molar-refractivity contribution in [1.82, 2.24) is 0 Å². The Bertz CT molecular complexity index is 353. The van der Waals surface area contributed by atoms with Crippen molar-refractivity contribution < 1.29 is 19.2 Å². The lowest BCUT2D eigenvalue weighted by atomic mass is 10.1. The fraction of sp³-hybridized carbons (Fsp3) is 0.364. The Labute approximate surface area is 95.5 Å². The standard InChI is InChI=1S/C11H14BO4/c1-11(2,3)15-10(13)8-4-6-9(7-5-8)16-12-14/h4-7,14H,1-3H3. The second-order valence-corrected chi connectivity index (χ2v) is 4.25. The molecule has 1 N–H and O–H groups in total. The van der Waals surface area contributed by atoms with E-state index in [2.05, 4.69) is 0 Å². The van der Waals surface area contributed by atoms with E-state index in [9.17, 15) is 4.79 Å². The summed E-state index contributed by atoms with van der Waals surface area (Å²) in [7, 11) is 0.586. The van der Waals surface area contributed by atoms with Crippen LogP contribution < -0.4 is 4.65 Å². The zero-order valence-electron chi connectivity index (χ0n) is 9.56. The number of hydrogen-bond acceptors (Lipinski definition) is 4. The van der Waals surface area contributed by atoms with Gasteiger partial charge in [0.05, 0.1) is 5.56 Å². The SMILES string of the molecule is CC(C)(C)OC(=O)c1ccc(O[B]O)cc1. The van der Waals surface area contributed by atoms with Gasteiger partial charge in [0.15, 0.2) is 0 Å². The van der Waals surface area contributed by atoms with E-state index in [1.165, 1.54) is 0 Å². The summed E-state index contributed by atoms with van der Waals surface area (Å²) in [5, 5.41) is 8.41. The first-order chi connectivity index (χ1) is 7.42.